The molecule has 0 saturated heterocycles. The quantitative estimate of drug-likeness (QED) is 0.191. The fraction of sp³-hybridized carbons (Fsp3) is 0.333. The Kier molecular flexibility index (Phi) is 8.81. The Balaban J connectivity index is 0. The van der Waals surface area contributed by atoms with Crippen LogP contribution in [0.2, 0.25) is 0 Å². The van der Waals surface area contributed by atoms with Gasteiger partial charge in [0.15, 0.2) is 0 Å². The Bertz CT molecular complexity index is 114. The first-order valence-electron chi connectivity index (χ1n) is 1.64. The van der Waals surface area contributed by atoms with Crippen LogP contribution in [0.3, 0.4) is 0 Å². The van der Waals surface area contributed by atoms with E-state index in [2.05, 4.69) is 20.7 Å². The summed E-state index contributed by atoms with van der Waals surface area (Å²) >= 11 is 2.68. The van der Waals surface area contributed by atoms with Gasteiger partial charge in [-0.1, -0.05) is 15.9 Å². The second-order valence-corrected chi connectivity index (χ2v) is 1.42. The van der Waals surface area contributed by atoms with Crippen molar-refractivity contribution >= 4 is 28.1 Å². The first kappa shape index (κ1) is 12.1. The minimum absolute atomic E-state index is 0. The van der Waals surface area contributed by atoms with Crippen molar-refractivity contribution in [2.24, 2.45) is 0 Å². The normalized spacial score (nSPS) is 7.22. The number of esters is 1. The Morgan fingerprint density at radius 3 is 2.11 bits per heavy atom. The zero-order valence-electron chi connectivity index (χ0n) is 4.72. The number of alkyl halides is 1. The van der Waals surface area contributed by atoms with Crippen LogP contribution >= 0.6 is 15.9 Å². The van der Waals surface area contributed by atoms with Crippen molar-refractivity contribution in [1.82, 2.24) is 0 Å². The number of hydrogen-bond acceptors (Lipinski definition) is 4. The van der Waals surface area contributed by atoms with Crippen LogP contribution in [0.1, 0.15) is 0 Å². The molecule has 0 saturated carbocycles. The first-order valence-corrected chi connectivity index (χ1v) is 2.76. The van der Waals surface area contributed by atoms with E-state index in [9.17, 15) is 14.7 Å². The van der Waals surface area contributed by atoms with E-state index < -0.39 is 12.1 Å². The zero-order valence-corrected chi connectivity index (χ0v) is 8.30. The third kappa shape index (κ3) is 8.42. The van der Waals surface area contributed by atoms with Crippen LogP contribution in [-0.4, -0.2) is 17.5 Å². The molecule has 0 rings (SSSR count). The maximum absolute atomic E-state index is 9.93. The molecule has 0 aromatic heterocycles. The fourth-order valence-electron chi connectivity index (χ4n) is 0.120. The summed E-state index contributed by atoms with van der Waals surface area (Å²) < 4.78 is 3.52. The van der Waals surface area contributed by atoms with Crippen LogP contribution in [0.4, 0.5) is 4.79 Å². The molecule has 0 heterocycles. The van der Waals surface area contributed by atoms with Gasteiger partial charge in [0, 0.05) is 0 Å². The maximum Gasteiger partial charge on any atom is 1.00 e. The van der Waals surface area contributed by atoms with E-state index >= 15 is 0 Å². The van der Waals surface area contributed by atoms with Crippen LogP contribution in [0.25, 0.3) is 0 Å². The van der Waals surface area contributed by atoms with Gasteiger partial charge in [0.25, 0.3) is 12.1 Å². The summed E-state index contributed by atoms with van der Waals surface area (Å²) in [4.78, 5) is 19.3. The molecule has 0 aromatic rings. The van der Waals surface area contributed by atoms with Crippen molar-refractivity contribution in [3.8, 4) is 0 Å². The van der Waals surface area contributed by atoms with Crippen molar-refractivity contribution in [3.05, 3.63) is 0 Å². The number of carbonyl (C=O) groups is 2. The average Bonchev–Trinajstić information content (AvgIpc) is 1.65. The third-order valence-corrected chi connectivity index (χ3v) is 0.764. The van der Waals surface area contributed by atoms with Crippen molar-refractivity contribution in [2.45, 2.75) is 0 Å². The minimum Gasteiger partial charge on any atom is -0.483 e. The molecule has 0 aliphatic rings. The Morgan fingerprint density at radius 2 is 2.00 bits per heavy atom. The second-order valence-electron chi connectivity index (χ2n) is 0.858. The van der Waals surface area contributed by atoms with Gasteiger partial charge in [0.1, 0.15) is 0 Å². The Hall–Kier alpha value is 0.420. The van der Waals surface area contributed by atoms with E-state index in [4.69, 9.17) is 0 Å². The smallest absolute Gasteiger partial charge is 0.483 e. The van der Waals surface area contributed by atoms with Gasteiger partial charge in [-0.25, -0.2) is 0 Å². The number of ether oxygens (including phenoxy) is 1. The molecule has 0 aliphatic carbocycles. The van der Waals surface area contributed by atoms with Crippen molar-refractivity contribution < 1.29 is 49.0 Å². The molecule has 0 aliphatic heterocycles. The standard InChI is InChI=1S/C3H3BrO4.Na/c4-1-2(5)8-3(6)7;/h1H2,(H,6,7);/q;+1/p-1. The Morgan fingerprint density at radius 1 is 1.56 bits per heavy atom. The van der Waals surface area contributed by atoms with Crippen molar-refractivity contribution in [1.29, 1.82) is 0 Å². The molecular formula is C3H2BrNaO4. The second kappa shape index (κ2) is 6.54. The molecule has 4 nitrogen and oxygen atoms in total. The zero-order chi connectivity index (χ0) is 6.57. The van der Waals surface area contributed by atoms with Crippen molar-refractivity contribution in [2.75, 3.05) is 5.33 Å². The molecule has 6 heteroatoms. The van der Waals surface area contributed by atoms with E-state index in [1.54, 1.807) is 0 Å². The summed E-state index contributed by atoms with van der Waals surface area (Å²) in [5.74, 6) is -0.870. The largest absolute Gasteiger partial charge is 1.00 e. The SMILES string of the molecule is O=C([O-])OC(=O)CBr.[Na+]. The molecule has 0 N–H and O–H groups in total. The summed E-state index contributed by atoms with van der Waals surface area (Å²) in [6.45, 7) is 0. The van der Waals surface area contributed by atoms with E-state index in [-0.39, 0.29) is 34.9 Å². The summed E-state index contributed by atoms with van der Waals surface area (Å²) in [7, 11) is 0. The van der Waals surface area contributed by atoms with Gasteiger partial charge in [-0.15, -0.1) is 0 Å². The molecular weight excluding hydrogens is 203 g/mol. The molecule has 0 amide bonds. The predicted octanol–water partition coefficient (Wildman–Crippen LogP) is -3.73. The summed E-state index contributed by atoms with van der Waals surface area (Å²) in [5, 5.41) is 9.26. The van der Waals surface area contributed by atoms with Crippen molar-refractivity contribution in [3.63, 3.8) is 0 Å². The van der Waals surface area contributed by atoms with Crippen LogP contribution in [0, 0.1) is 0 Å². The molecule has 0 unspecified atom stereocenters. The molecule has 9 heavy (non-hydrogen) atoms. The molecule has 0 radical (unpaired) electrons. The van der Waals surface area contributed by atoms with Gasteiger partial charge in [0.05, 0.1) is 5.33 Å². The van der Waals surface area contributed by atoms with E-state index in [0.29, 0.717) is 0 Å². The fourth-order valence-corrected chi connectivity index (χ4v) is 0.235. The molecule has 0 fully saturated rings. The molecule has 0 bridgehead atoms. The van der Waals surface area contributed by atoms with Gasteiger partial charge in [-0.3, -0.25) is 4.79 Å². The van der Waals surface area contributed by atoms with Gasteiger partial charge < -0.3 is 14.6 Å². The molecule has 0 atom stereocenters. The summed E-state index contributed by atoms with van der Waals surface area (Å²) in [6, 6.07) is 0. The maximum atomic E-state index is 9.93. The van der Waals surface area contributed by atoms with Gasteiger partial charge in [0.2, 0.25) is 0 Å². The minimum atomic E-state index is -1.82. The number of carbonyl (C=O) groups excluding carboxylic acids is 2. The summed E-state index contributed by atoms with van der Waals surface area (Å²) in [5.41, 5.74) is 0. The van der Waals surface area contributed by atoms with Gasteiger partial charge >= 0.3 is 29.6 Å². The van der Waals surface area contributed by atoms with E-state index in [1.807, 2.05) is 0 Å². The predicted molar refractivity (Wildman–Crippen MR) is 25.3 cm³/mol. The number of rotatable bonds is 1. The number of halogens is 1. The molecule has 0 aromatic carbocycles. The van der Waals surface area contributed by atoms with Gasteiger partial charge in [-0.05, 0) is 0 Å². The average molecular weight is 205 g/mol. The van der Waals surface area contributed by atoms with Gasteiger partial charge in [-0.2, -0.15) is 0 Å². The summed E-state index contributed by atoms with van der Waals surface area (Å²) in [6.07, 6.45) is -1.82. The van der Waals surface area contributed by atoms with E-state index in [1.165, 1.54) is 0 Å². The first-order chi connectivity index (χ1) is 3.66. The van der Waals surface area contributed by atoms with Crippen LogP contribution < -0.4 is 34.7 Å². The monoisotopic (exact) mass is 204 g/mol. The molecule has 46 valence electrons. The topological polar surface area (TPSA) is 66.4 Å². The van der Waals surface area contributed by atoms with Crippen LogP contribution in [0.5, 0.6) is 0 Å². The Labute approximate surface area is 82.0 Å². The van der Waals surface area contributed by atoms with Crippen LogP contribution in [0.15, 0.2) is 0 Å². The van der Waals surface area contributed by atoms with Crippen LogP contribution in [-0.2, 0) is 9.53 Å². The third-order valence-electron chi connectivity index (χ3n) is 0.306. The number of carboxylic acid groups (broad SMARTS) is 1. The van der Waals surface area contributed by atoms with E-state index in [0.717, 1.165) is 0 Å². The number of hydrogen-bond donors (Lipinski definition) is 0. The molecule has 0 spiro atoms.